The van der Waals surface area contributed by atoms with E-state index in [4.69, 9.17) is 13.9 Å². The molecule has 0 saturated heterocycles. The van der Waals surface area contributed by atoms with E-state index in [0.717, 1.165) is 21.9 Å². The molecule has 4 aromatic carbocycles. The molecule has 1 N–H and O–H groups in total. The quantitative estimate of drug-likeness (QED) is 0.0766. The molecule has 246 valence electrons. The maximum absolute atomic E-state index is 13.9. The standard InChI is InChI=1S/C38H31N3O6S2/c1-3-45-31-20-26(17-19-29(31)46-21-24-10-5-4-6-11-24)33-32(34(42)30-18-16-23(2)47-30)35(43)36(44)41(33)37-39-40-38(49-37)48-22-27-14-9-13-25-12-7-8-15-28(25)27/h4-20,33,43H,3,21-22H2,1-2H3. The topological polar surface area (TPSA) is 115 Å². The highest BCUT2D eigenvalue weighted by atomic mass is 32.2. The fourth-order valence-corrected chi connectivity index (χ4v) is 7.64. The molecule has 7 rings (SSSR count). The molecule has 9 nitrogen and oxygen atoms in total. The van der Waals surface area contributed by atoms with E-state index in [0.29, 0.717) is 46.1 Å². The van der Waals surface area contributed by atoms with Crippen LogP contribution in [0.3, 0.4) is 0 Å². The lowest BCUT2D eigenvalue weighted by atomic mass is 9.95. The molecule has 3 heterocycles. The first kappa shape index (κ1) is 32.2. The van der Waals surface area contributed by atoms with Crippen LogP contribution in [0.15, 0.2) is 123 Å². The monoisotopic (exact) mass is 689 g/mol. The van der Waals surface area contributed by atoms with Crippen molar-refractivity contribution in [3.05, 3.63) is 143 Å². The second kappa shape index (κ2) is 14.0. The van der Waals surface area contributed by atoms with Gasteiger partial charge in [0, 0.05) is 5.75 Å². The molecular formula is C38H31N3O6S2. The Balaban J connectivity index is 1.23. The number of ketones is 1. The molecule has 1 aliphatic heterocycles. The molecule has 1 atom stereocenters. The molecule has 11 heteroatoms. The van der Waals surface area contributed by atoms with Crippen LogP contribution in [0, 0.1) is 6.92 Å². The molecule has 0 radical (unpaired) electrons. The Morgan fingerprint density at radius 3 is 2.53 bits per heavy atom. The summed E-state index contributed by atoms with van der Waals surface area (Å²) in [5, 5.41) is 22.6. The number of ether oxygens (including phenoxy) is 2. The number of amides is 1. The summed E-state index contributed by atoms with van der Waals surface area (Å²) in [6, 6.07) is 31.5. The summed E-state index contributed by atoms with van der Waals surface area (Å²) >= 11 is 2.71. The van der Waals surface area contributed by atoms with Crippen LogP contribution in [-0.2, 0) is 17.2 Å². The Hall–Kier alpha value is -5.39. The van der Waals surface area contributed by atoms with Gasteiger partial charge in [-0.1, -0.05) is 102 Å². The van der Waals surface area contributed by atoms with Crippen LogP contribution >= 0.6 is 23.1 Å². The number of carbonyl (C=O) groups excluding carboxylic acids is 2. The van der Waals surface area contributed by atoms with Crippen LogP contribution in [-0.4, -0.2) is 33.6 Å². The van der Waals surface area contributed by atoms with Gasteiger partial charge in [0.05, 0.1) is 18.2 Å². The number of furan rings is 1. The number of carbonyl (C=O) groups is 2. The van der Waals surface area contributed by atoms with Crippen molar-refractivity contribution in [1.82, 2.24) is 10.2 Å². The largest absolute Gasteiger partial charge is 0.503 e. The number of Topliss-reactive ketones (excluding diaryl/α,β-unsaturated/α-hetero) is 1. The Bertz CT molecular complexity index is 2190. The van der Waals surface area contributed by atoms with Gasteiger partial charge in [-0.2, -0.15) is 0 Å². The van der Waals surface area contributed by atoms with Gasteiger partial charge in [-0.05, 0) is 65.6 Å². The van der Waals surface area contributed by atoms with E-state index in [1.54, 1.807) is 31.2 Å². The minimum atomic E-state index is -1.04. The third-order valence-electron chi connectivity index (χ3n) is 8.07. The number of nitrogens with zero attached hydrogens (tertiary/aromatic N) is 3. The van der Waals surface area contributed by atoms with Gasteiger partial charge >= 0.3 is 0 Å². The normalized spacial score (nSPS) is 14.5. The molecular weight excluding hydrogens is 659 g/mol. The fourth-order valence-electron chi connectivity index (χ4n) is 5.77. The van der Waals surface area contributed by atoms with Crippen molar-refractivity contribution >= 4 is 50.7 Å². The van der Waals surface area contributed by atoms with Crippen LogP contribution in [0.2, 0.25) is 0 Å². The zero-order valence-electron chi connectivity index (χ0n) is 26.7. The van der Waals surface area contributed by atoms with Crippen LogP contribution in [0.5, 0.6) is 11.5 Å². The summed E-state index contributed by atoms with van der Waals surface area (Å²) in [5.74, 6) is 0.0544. The maximum atomic E-state index is 13.9. The zero-order valence-corrected chi connectivity index (χ0v) is 28.3. The van der Waals surface area contributed by atoms with Gasteiger partial charge in [0.25, 0.3) is 5.91 Å². The smallest absolute Gasteiger partial charge is 0.296 e. The van der Waals surface area contributed by atoms with Crippen LogP contribution in [0.4, 0.5) is 5.13 Å². The lowest BCUT2D eigenvalue weighted by Crippen LogP contribution is -2.31. The van der Waals surface area contributed by atoms with E-state index in [2.05, 4.69) is 34.5 Å². The Morgan fingerprint density at radius 2 is 1.73 bits per heavy atom. The molecule has 0 spiro atoms. The molecule has 49 heavy (non-hydrogen) atoms. The third kappa shape index (κ3) is 6.55. The average Bonchev–Trinajstić information content (AvgIpc) is 3.85. The van der Waals surface area contributed by atoms with Gasteiger partial charge in [0.1, 0.15) is 12.4 Å². The molecule has 6 aromatic rings. The van der Waals surface area contributed by atoms with Gasteiger partial charge in [0.15, 0.2) is 27.4 Å². The number of aryl methyl sites for hydroxylation is 1. The number of aromatic nitrogens is 2. The van der Waals surface area contributed by atoms with E-state index in [1.807, 2.05) is 55.5 Å². The molecule has 0 fully saturated rings. The van der Waals surface area contributed by atoms with Gasteiger partial charge in [-0.25, -0.2) is 0 Å². The van der Waals surface area contributed by atoms with Crippen molar-refractivity contribution in [3.63, 3.8) is 0 Å². The fraction of sp³-hybridized carbons (Fsp3) is 0.158. The number of anilines is 1. The van der Waals surface area contributed by atoms with Gasteiger partial charge in [0.2, 0.25) is 10.9 Å². The van der Waals surface area contributed by atoms with E-state index in [1.165, 1.54) is 34.1 Å². The van der Waals surface area contributed by atoms with Crippen LogP contribution in [0.1, 0.15) is 46.0 Å². The van der Waals surface area contributed by atoms with Gasteiger partial charge in [-0.15, -0.1) is 10.2 Å². The van der Waals surface area contributed by atoms with Crippen LogP contribution < -0.4 is 14.4 Å². The zero-order chi connectivity index (χ0) is 33.9. The van der Waals surface area contributed by atoms with Crippen molar-refractivity contribution < 1.29 is 28.6 Å². The van der Waals surface area contributed by atoms with E-state index < -0.39 is 23.5 Å². The highest BCUT2D eigenvalue weighted by Gasteiger charge is 2.47. The predicted molar refractivity (Wildman–Crippen MR) is 189 cm³/mol. The molecule has 2 aromatic heterocycles. The molecule has 1 aliphatic rings. The molecule has 0 aliphatic carbocycles. The summed E-state index contributed by atoms with van der Waals surface area (Å²) in [6.45, 7) is 4.25. The van der Waals surface area contributed by atoms with Crippen molar-refractivity contribution in [2.75, 3.05) is 11.5 Å². The van der Waals surface area contributed by atoms with Crippen molar-refractivity contribution in [1.29, 1.82) is 0 Å². The second-order valence-corrected chi connectivity index (χ2v) is 13.4. The summed E-state index contributed by atoms with van der Waals surface area (Å²) in [6.07, 6.45) is 0. The Morgan fingerprint density at radius 1 is 0.939 bits per heavy atom. The number of hydrogen-bond donors (Lipinski definition) is 1. The van der Waals surface area contributed by atoms with E-state index in [9.17, 15) is 14.7 Å². The summed E-state index contributed by atoms with van der Waals surface area (Å²) < 4.78 is 18.4. The average molecular weight is 690 g/mol. The summed E-state index contributed by atoms with van der Waals surface area (Å²) in [4.78, 5) is 29.0. The first-order valence-corrected chi connectivity index (χ1v) is 17.5. The third-order valence-corrected chi connectivity index (χ3v) is 10.2. The van der Waals surface area contributed by atoms with Crippen molar-refractivity contribution in [3.8, 4) is 11.5 Å². The summed E-state index contributed by atoms with van der Waals surface area (Å²) in [7, 11) is 0. The number of hydrogen-bond acceptors (Lipinski definition) is 10. The number of fused-ring (bicyclic) bond motifs is 1. The first-order valence-electron chi connectivity index (χ1n) is 15.7. The van der Waals surface area contributed by atoms with Crippen molar-refractivity contribution in [2.45, 2.75) is 36.6 Å². The SMILES string of the molecule is CCOc1cc(C2C(C(=O)c3ccc(C)o3)=C(O)C(=O)N2c2nnc(SCc3cccc4ccccc34)s2)ccc1OCc1ccccc1. The number of rotatable bonds is 12. The minimum absolute atomic E-state index is 0.00939. The van der Waals surface area contributed by atoms with E-state index in [-0.39, 0.29) is 16.5 Å². The number of aliphatic hydroxyl groups excluding tert-OH is 1. The van der Waals surface area contributed by atoms with Crippen LogP contribution in [0.25, 0.3) is 10.8 Å². The lowest BCUT2D eigenvalue weighted by Gasteiger charge is -2.25. The highest BCUT2D eigenvalue weighted by molar-refractivity contribution is 8.00. The van der Waals surface area contributed by atoms with Gasteiger partial charge < -0.3 is 19.0 Å². The molecule has 0 bridgehead atoms. The second-order valence-electron chi connectivity index (χ2n) is 11.3. The number of thioether (sulfide) groups is 1. The summed E-state index contributed by atoms with van der Waals surface area (Å²) in [5.41, 5.74) is 2.52. The molecule has 1 amide bonds. The first-order chi connectivity index (χ1) is 23.9. The number of benzene rings is 4. The predicted octanol–water partition coefficient (Wildman–Crippen LogP) is 8.65. The minimum Gasteiger partial charge on any atom is -0.503 e. The van der Waals surface area contributed by atoms with Crippen molar-refractivity contribution in [2.24, 2.45) is 0 Å². The Labute approximate surface area is 290 Å². The maximum Gasteiger partial charge on any atom is 0.296 e. The van der Waals surface area contributed by atoms with Gasteiger partial charge in [-0.3, -0.25) is 14.5 Å². The lowest BCUT2D eigenvalue weighted by molar-refractivity contribution is -0.117. The number of aliphatic hydroxyl groups is 1. The molecule has 0 saturated carbocycles. The highest BCUT2D eigenvalue weighted by Crippen LogP contribution is 2.46. The molecule has 1 unspecified atom stereocenters. The Kier molecular flexibility index (Phi) is 9.19. The van der Waals surface area contributed by atoms with E-state index >= 15 is 0 Å².